The number of aromatic hydroxyl groups is 1. The van der Waals surface area contributed by atoms with Gasteiger partial charge in [-0.3, -0.25) is 9.69 Å². The molecule has 2 spiro atoms. The number of aryl methyl sites for hydroxylation is 2. The quantitative estimate of drug-likeness (QED) is 0.202. The van der Waals surface area contributed by atoms with E-state index in [1.807, 2.05) is 24.3 Å². The van der Waals surface area contributed by atoms with E-state index < -0.39 is 16.4 Å². The van der Waals surface area contributed by atoms with E-state index in [0.29, 0.717) is 23.4 Å². The van der Waals surface area contributed by atoms with Gasteiger partial charge in [0, 0.05) is 23.4 Å². The van der Waals surface area contributed by atoms with Crippen LogP contribution >= 0.6 is 0 Å². The number of para-hydroxylation sites is 2. The monoisotopic (exact) mass is 631 g/mol. The van der Waals surface area contributed by atoms with Crippen molar-refractivity contribution in [2.45, 2.75) is 63.3 Å². The van der Waals surface area contributed by atoms with Crippen LogP contribution in [-0.2, 0) is 16.8 Å². The predicted molar refractivity (Wildman–Crippen MR) is 188 cm³/mol. The second-order valence-corrected chi connectivity index (χ2v) is 15.8. The van der Waals surface area contributed by atoms with Crippen LogP contribution in [0.3, 0.4) is 0 Å². The van der Waals surface area contributed by atoms with Gasteiger partial charge in [-0.1, -0.05) is 79.2 Å². The van der Waals surface area contributed by atoms with E-state index in [4.69, 9.17) is 9.97 Å². The summed E-state index contributed by atoms with van der Waals surface area (Å²) >= 11 is 0. The summed E-state index contributed by atoms with van der Waals surface area (Å²) in [5.41, 5.74) is 9.21. The minimum absolute atomic E-state index is 0.0107. The number of ketones is 1. The van der Waals surface area contributed by atoms with Crippen molar-refractivity contribution in [1.82, 2.24) is 14.9 Å². The summed E-state index contributed by atoms with van der Waals surface area (Å²) in [7, 11) is 2.24. The van der Waals surface area contributed by atoms with Crippen LogP contribution in [0.2, 0.25) is 0 Å². The molecule has 5 heteroatoms. The number of phenolic OH excluding ortho intramolecular Hbond substituents is 1. The molecular weight excluding hydrogens is 590 g/mol. The first-order chi connectivity index (χ1) is 23.3. The van der Waals surface area contributed by atoms with Gasteiger partial charge in [-0.05, 0) is 110 Å². The molecule has 1 aliphatic heterocycles. The first-order valence-electron chi connectivity index (χ1n) is 17.8. The maximum absolute atomic E-state index is 16.2. The van der Waals surface area contributed by atoms with E-state index in [1.54, 1.807) is 0 Å². The number of phenols is 1. The summed E-state index contributed by atoms with van der Waals surface area (Å²) in [5, 5.41) is 10.3. The maximum atomic E-state index is 16.2. The van der Waals surface area contributed by atoms with Gasteiger partial charge in [0.2, 0.25) is 0 Å². The standard InChI is InChI=1S/C43H41N3O2/c1-25-12-14-26(15-13-25)35-24-46(3)43(33-9-5-4-8-32(33)38-39(43)45-37-11-7-6-10-36(37)44-38)42(35)23-34-31-18-16-27-22-28(47)17-19-29(27)30(31)20-21-41(34,2)40(42)48/h4-15,17,19,22,30-31,34-35,47H,16,18,20-21,23-24H2,1-3H3/t30-,31-,34+,35-,41+,42-,43-/m1/s1. The second kappa shape index (κ2) is 9.63. The predicted octanol–water partition coefficient (Wildman–Crippen LogP) is 8.32. The lowest BCUT2D eigenvalue weighted by Crippen LogP contribution is -2.54. The Morgan fingerprint density at radius 2 is 1.65 bits per heavy atom. The third-order valence-electron chi connectivity index (χ3n) is 13.8. The Labute approximate surface area is 282 Å². The molecule has 0 amide bonds. The number of carbonyl (C=O) groups is 1. The number of likely N-dealkylation sites (N-methyl/N-ethyl adjacent to an activating group) is 1. The number of nitrogens with zero attached hydrogens (tertiary/aromatic N) is 3. The van der Waals surface area contributed by atoms with Crippen molar-refractivity contribution in [3.63, 3.8) is 0 Å². The summed E-state index contributed by atoms with van der Waals surface area (Å²) < 4.78 is 0. The van der Waals surface area contributed by atoms with Crippen molar-refractivity contribution in [2.75, 3.05) is 13.6 Å². The molecule has 5 nitrogen and oxygen atoms in total. The highest BCUT2D eigenvalue weighted by Gasteiger charge is 2.78. The molecule has 10 rings (SSSR count). The van der Waals surface area contributed by atoms with Gasteiger partial charge in [0.15, 0.2) is 0 Å². The fourth-order valence-electron chi connectivity index (χ4n) is 11.9. The van der Waals surface area contributed by atoms with Crippen molar-refractivity contribution >= 4 is 16.8 Å². The fourth-order valence-corrected chi connectivity index (χ4v) is 11.9. The Bertz CT molecular complexity index is 2180. The molecule has 7 atom stereocenters. The van der Waals surface area contributed by atoms with Gasteiger partial charge in [-0.15, -0.1) is 0 Å². The first kappa shape index (κ1) is 28.6. The van der Waals surface area contributed by atoms with Crippen LogP contribution < -0.4 is 0 Å². The fraction of sp³-hybridized carbons (Fsp3) is 0.372. The van der Waals surface area contributed by atoms with Gasteiger partial charge in [-0.2, -0.15) is 0 Å². The van der Waals surface area contributed by atoms with Gasteiger partial charge >= 0.3 is 0 Å². The minimum atomic E-state index is -0.739. The number of rotatable bonds is 1. The zero-order valence-corrected chi connectivity index (χ0v) is 27.9. The van der Waals surface area contributed by atoms with Gasteiger partial charge in [0.25, 0.3) is 0 Å². The molecule has 5 aromatic rings. The molecule has 2 saturated carbocycles. The number of likely N-dealkylation sites (tertiary alicyclic amines) is 1. The number of fused-ring (bicyclic) bond motifs is 12. The summed E-state index contributed by atoms with van der Waals surface area (Å²) in [5.74, 6) is 1.89. The van der Waals surface area contributed by atoms with E-state index in [9.17, 15) is 5.11 Å². The summed E-state index contributed by atoms with van der Waals surface area (Å²) in [6.45, 7) is 5.24. The van der Waals surface area contributed by atoms with Crippen LogP contribution in [0.15, 0.2) is 91.0 Å². The second-order valence-electron chi connectivity index (χ2n) is 15.8. The lowest BCUT2D eigenvalue weighted by atomic mass is 9.55. The van der Waals surface area contributed by atoms with E-state index in [1.165, 1.54) is 27.8 Å². The lowest BCUT2D eigenvalue weighted by Gasteiger charge is -2.48. The van der Waals surface area contributed by atoms with Gasteiger partial charge in [0.1, 0.15) is 17.1 Å². The Morgan fingerprint density at radius 1 is 0.896 bits per heavy atom. The van der Waals surface area contributed by atoms with E-state index in [2.05, 4.69) is 92.5 Å². The van der Waals surface area contributed by atoms with Crippen molar-refractivity contribution in [3.05, 3.63) is 125 Å². The lowest BCUT2D eigenvalue weighted by molar-refractivity contribution is -0.139. The first-order valence-corrected chi connectivity index (χ1v) is 17.8. The molecule has 4 aliphatic carbocycles. The number of carbonyl (C=O) groups excluding carboxylic acids is 1. The molecule has 5 aliphatic rings. The minimum Gasteiger partial charge on any atom is -0.508 e. The Morgan fingerprint density at radius 3 is 2.46 bits per heavy atom. The zero-order chi connectivity index (χ0) is 32.6. The van der Waals surface area contributed by atoms with Crippen LogP contribution in [0.4, 0.5) is 0 Å². The van der Waals surface area contributed by atoms with Crippen LogP contribution in [0.1, 0.15) is 78.0 Å². The average Bonchev–Trinajstić information content (AvgIpc) is 3.64. The molecule has 4 aromatic carbocycles. The highest BCUT2D eigenvalue weighted by Crippen LogP contribution is 2.76. The van der Waals surface area contributed by atoms with Crippen LogP contribution in [0.5, 0.6) is 5.75 Å². The van der Waals surface area contributed by atoms with Crippen molar-refractivity contribution in [1.29, 1.82) is 0 Å². The molecular formula is C43H41N3O2. The zero-order valence-electron chi connectivity index (χ0n) is 27.9. The summed E-state index contributed by atoms with van der Waals surface area (Å²) in [6, 6.07) is 31.9. The SMILES string of the molecule is Cc1ccc([C@H]2CN(C)[C@@]3(c4ccccc4-c4nc5ccccc5nc43)[C@]23C[C@H]2[C@@H]4CCc5cc(O)ccc5[C@H]4CC[C@]2(C)C3=O)cc1. The van der Waals surface area contributed by atoms with E-state index in [0.717, 1.165) is 66.6 Å². The molecule has 2 heterocycles. The van der Waals surface area contributed by atoms with E-state index in [-0.39, 0.29) is 11.8 Å². The number of Topliss-reactive ketones (excluding diaryl/α,β-unsaturated/α-hetero) is 1. The molecule has 240 valence electrons. The topological polar surface area (TPSA) is 66.3 Å². The highest BCUT2D eigenvalue weighted by molar-refractivity contribution is 5.99. The van der Waals surface area contributed by atoms with E-state index >= 15 is 4.79 Å². The molecule has 1 saturated heterocycles. The molecule has 3 fully saturated rings. The highest BCUT2D eigenvalue weighted by atomic mass is 16.3. The van der Waals surface area contributed by atoms with Crippen molar-refractivity contribution in [2.24, 2.45) is 22.7 Å². The Balaban J connectivity index is 1.25. The molecule has 0 radical (unpaired) electrons. The normalized spacial score (nSPS) is 33.1. The Hall–Kier alpha value is -4.35. The third-order valence-corrected chi connectivity index (χ3v) is 13.8. The van der Waals surface area contributed by atoms with Crippen LogP contribution in [0.25, 0.3) is 22.3 Å². The van der Waals surface area contributed by atoms with Gasteiger partial charge in [-0.25, -0.2) is 9.97 Å². The molecule has 1 N–H and O–H groups in total. The average molecular weight is 632 g/mol. The smallest absolute Gasteiger partial charge is 0.148 e. The number of hydrogen-bond acceptors (Lipinski definition) is 5. The molecule has 0 unspecified atom stereocenters. The summed E-state index contributed by atoms with van der Waals surface area (Å²) in [6.07, 6.45) is 4.74. The van der Waals surface area contributed by atoms with Gasteiger partial charge in [0.05, 0.1) is 27.8 Å². The van der Waals surface area contributed by atoms with Crippen molar-refractivity contribution < 1.29 is 9.90 Å². The van der Waals surface area contributed by atoms with Gasteiger partial charge < -0.3 is 5.11 Å². The Kier molecular flexibility index (Phi) is 5.75. The molecule has 1 aromatic heterocycles. The largest absolute Gasteiger partial charge is 0.508 e. The number of benzene rings is 4. The van der Waals surface area contributed by atoms with Crippen LogP contribution in [-0.4, -0.2) is 39.4 Å². The summed E-state index contributed by atoms with van der Waals surface area (Å²) in [4.78, 5) is 29.5. The maximum Gasteiger partial charge on any atom is 0.148 e. The number of aromatic nitrogens is 2. The molecule has 48 heavy (non-hydrogen) atoms. The van der Waals surface area contributed by atoms with Crippen molar-refractivity contribution in [3.8, 4) is 17.0 Å². The molecule has 0 bridgehead atoms. The number of hydrogen-bond donors (Lipinski definition) is 1. The van der Waals surface area contributed by atoms with Crippen LogP contribution in [0, 0.1) is 29.6 Å². The third kappa shape index (κ3) is 3.34.